The fourth-order valence-corrected chi connectivity index (χ4v) is 1.92. The van der Waals surface area contributed by atoms with Gasteiger partial charge in [-0.1, -0.05) is 0 Å². The van der Waals surface area contributed by atoms with Crippen LogP contribution in [0.5, 0.6) is 0 Å². The van der Waals surface area contributed by atoms with Crippen LogP contribution in [0.4, 0.5) is 0 Å². The molecule has 1 N–H and O–H groups in total. The second kappa shape index (κ2) is 4.21. The molecule has 2 atom stereocenters. The van der Waals surface area contributed by atoms with Crippen molar-refractivity contribution in [2.75, 3.05) is 18.6 Å². The summed E-state index contributed by atoms with van der Waals surface area (Å²) in [5.74, 6) is 1.70. The Bertz CT molecular complexity index is 145. The van der Waals surface area contributed by atoms with E-state index < -0.39 is 10.8 Å². The van der Waals surface area contributed by atoms with E-state index in [0.29, 0.717) is 6.04 Å². The normalized spacial score (nSPS) is 23.1. The molecule has 1 aliphatic carbocycles. The number of nitrogens with one attached hydrogen (secondary N) is 1. The Kier molecular flexibility index (Phi) is 3.52. The maximum atomic E-state index is 10.8. The predicted molar refractivity (Wildman–Crippen MR) is 49.1 cm³/mol. The van der Waals surface area contributed by atoms with Crippen molar-refractivity contribution in [3.05, 3.63) is 0 Å². The van der Waals surface area contributed by atoms with Crippen LogP contribution in [0.25, 0.3) is 0 Å². The fourth-order valence-electron chi connectivity index (χ4n) is 1.10. The van der Waals surface area contributed by atoms with E-state index in [0.717, 1.165) is 18.2 Å². The van der Waals surface area contributed by atoms with Gasteiger partial charge in [0, 0.05) is 28.9 Å². The molecule has 1 aliphatic rings. The summed E-state index contributed by atoms with van der Waals surface area (Å²) in [6.07, 6.45) is 4.53. The quantitative estimate of drug-likeness (QED) is 0.668. The zero-order valence-corrected chi connectivity index (χ0v) is 8.12. The van der Waals surface area contributed by atoms with E-state index in [4.69, 9.17) is 0 Å². The van der Waals surface area contributed by atoms with E-state index in [1.54, 1.807) is 6.26 Å². The Hall–Kier alpha value is 0.110. The third-order valence-electron chi connectivity index (χ3n) is 1.94. The first-order chi connectivity index (χ1) is 5.18. The molecular formula is C8H17NOS. The van der Waals surface area contributed by atoms with E-state index in [2.05, 4.69) is 12.2 Å². The molecule has 0 bridgehead atoms. The molecule has 0 saturated heterocycles. The van der Waals surface area contributed by atoms with Gasteiger partial charge in [-0.2, -0.15) is 0 Å². The first-order valence-electron chi connectivity index (χ1n) is 4.22. The summed E-state index contributed by atoms with van der Waals surface area (Å²) in [5.41, 5.74) is 0. The molecule has 2 unspecified atom stereocenters. The fraction of sp³-hybridized carbons (Fsp3) is 1.00. The van der Waals surface area contributed by atoms with Crippen molar-refractivity contribution in [1.82, 2.24) is 5.32 Å². The zero-order valence-electron chi connectivity index (χ0n) is 7.30. The van der Waals surface area contributed by atoms with Gasteiger partial charge in [0.1, 0.15) is 0 Å². The Labute approximate surface area is 71.2 Å². The molecule has 0 spiro atoms. The molecule has 2 nitrogen and oxygen atoms in total. The summed E-state index contributed by atoms with van der Waals surface area (Å²) in [4.78, 5) is 0. The average Bonchev–Trinajstić information content (AvgIpc) is 2.63. The van der Waals surface area contributed by atoms with Gasteiger partial charge in [-0.15, -0.1) is 0 Å². The van der Waals surface area contributed by atoms with Gasteiger partial charge < -0.3 is 5.32 Å². The SMILES string of the molecule is CC(CS(C)=O)NCC1CC1. The van der Waals surface area contributed by atoms with Crippen LogP contribution in [0.1, 0.15) is 19.8 Å². The smallest absolute Gasteiger partial charge is 0.0383 e. The van der Waals surface area contributed by atoms with E-state index in [1.807, 2.05) is 0 Å². The third-order valence-corrected chi connectivity index (χ3v) is 2.91. The van der Waals surface area contributed by atoms with Crippen molar-refractivity contribution in [2.24, 2.45) is 5.92 Å². The van der Waals surface area contributed by atoms with Crippen molar-refractivity contribution < 1.29 is 4.21 Å². The highest BCUT2D eigenvalue weighted by atomic mass is 32.2. The van der Waals surface area contributed by atoms with Gasteiger partial charge in [0.25, 0.3) is 0 Å². The summed E-state index contributed by atoms with van der Waals surface area (Å²) in [5, 5.41) is 3.38. The van der Waals surface area contributed by atoms with Crippen molar-refractivity contribution in [3.63, 3.8) is 0 Å². The van der Waals surface area contributed by atoms with Gasteiger partial charge in [-0.05, 0) is 32.2 Å². The van der Waals surface area contributed by atoms with Crippen LogP contribution < -0.4 is 5.32 Å². The molecule has 1 saturated carbocycles. The predicted octanol–water partition coefficient (Wildman–Crippen LogP) is 0.753. The molecule has 0 aromatic carbocycles. The average molecular weight is 175 g/mol. The van der Waals surface area contributed by atoms with Crippen molar-refractivity contribution in [1.29, 1.82) is 0 Å². The lowest BCUT2D eigenvalue weighted by molar-refractivity contribution is 0.561. The van der Waals surface area contributed by atoms with Gasteiger partial charge in [-0.3, -0.25) is 4.21 Å². The van der Waals surface area contributed by atoms with Crippen molar-refractivity contribution in [3.8, 4) is 0 Å². The topological polar surface area (TPSA) is 29.1 Å². The molecule has 1 fully saturated rings. The van der Waals surface area contributed by atoms with Crippen molar-refractivity contribution >= 4 is 10.8 Å². The number of hydrogen-bond acceptors (Lipinski definition) is 2. The van der Waals surface area contributed by atoms with Gasteiger partial charge >= 0.3 is 0 Å². The molecule has 0 aliphatic heterocycles. The highest BCUT2D eigenvalue weighted by Crippen LogP contribution is 2.27. The van der Waals surface area contributed by atoms with Crippen LogP contribution in [0.3, 0.4) is 0 Å². The minimum Gasteiger partial charge on any atom is -0.313 e. The Morgan fingerprint density at radius 3 is 2.73 bits per heavy atom. The summed E-state index contributed by atoms with van der Waals surface area (Å²) in [6.45, 7) is 3.22. The largest absolute Gasteiger partial charge is 0.313 e. The van der Waals surface area contributed by atoms with E-state index in [-0.39, 0.29) is 0 Å². The highest BCUT2D eigenvalue weighted by molar-refractivity contribution is 7.84. The lowest BCUT2D eigenvalue weighted by Gasteiger charge is -2.10. The standard InChI is InChI=1S/C8H17NOS/c1-7(6-11(2)10)9-5-8-3-4-8/h7-9H,3-6H2,1-2H3. The number of hydrogen-bond donors (Lipinski definition) is 1. The van der Waals surface area contributed by atoms with Gasteiger partial charge in [0.05, 0.1) is 0 Å². The lowest BCUT2D eigenvalue weighted by Crippen LogP contribution is -2.32. The first-order valence-corrected chi connectivity index (χ1v) is 5.94. The minimum atomic E-state index is -0.652. The number of rotatable bonds is 5. The van der Waals surface area contributed by atoms with Gasteiger partial charge in [0.2, 0.25) is 0 Å². The second-order valence-corrected chi connectivity index (χ2v) is 4.97. The first kappa shape index (κ1) is 9.20. The monoisotopic (exact) mass is 175 g/mol. The molecule has 0 radical (unpaired) electrons. The van der Waals surface area contributed by atoms with Crippen molar-refractivity contribution in [2.45, 2.75) is 25.8 Å². The third kappa shape index (κ3) is 4.53. The zero-order chi connectivity index (χ0) is 8.27. The lowest BCUT2D eigenvalue weighted by atomic mass is 10.3. The maximum Gasteiger partial charge on any atom is 0.0383 e. The van der Waals surface area contributed by atoms with E-state index in [1.165, 1.54) is 12.8 Å². The molecule has 1 rings (SSSR count). The van der Waals surface area contributed by atoms with Crippen LogP contribution in [0, 0.1) is 5.92 Å². The van der Waals surface area contributed by atoms with Crippen LogP contribution in [-0.2, 0) is 10.8 Å². The van der Waals surface area contributed by atoms with E-state index in [9.17, 15) is 4.21 Å². The molecule has 0 heterocycles. The summed E-state index contributed by atoms with van der Waals surface area (Å²) < 4.78 is 10.8. The van der Waals surface area contributed by atoms with Gasteiger partial charge in [-0.25, -0.2) is 0 Å². The molecule has 3 heteroatoms. The summed E-state index contributed by atoms with van der Waals surface area (Å²) in [7, 11) is -0.652. The van der Waals surface area contributed by atoms with Crippen LogP contribution >= 0.6 is 0 Å². The molecule has 0 aromatic heterocycles. The summed E-state index contributed by atoms with van der Waals surface area (Å²) in [6, 6.07) is 0.418. The highest BCUT2D eigenvalue weighted by Gasteiger charge is 2.21. The Balaban J connectivity index is 1.99. The minimum absolute atomic E-state index is 0.418. The van der Waals surface area contributed by atoms with Crippen LogP contribution in [0.15, 0.2) is 0 Å². The molecule has 66 valence electrons. The maximum absolute atomic E-state index is 10.8. The second-order valence-electron chi connectivity index (χ2n) is 3.49. The van der Waals surface area contributed by atoms with Crippen LogP contribution in [0.2, 0.25) is 0 Å². The molecular weight excluding hydrogens is 158 g/mol. The Morgan fingerprint density at radius 1 is 1.64 bits per heavy atom. The van der Waals surface area contributed by atoms with E-state index >= 15 is 0 Å². The van der Waals surface area contributed by atoms with Crippen LogP contribution in [-0.4, -0.2) is 28.8 Å². The molecule has 0 aromatic rings. The van der Waals surface area contributed by atoms with Gasteiger partial charge in [0.15, 0.2) is 0 Å². The summed E-state index contributed by atoms with van der Waals surface area (Å²) >= 11 is 0. The molecule has 0 amide bonds. The molecule has 11 heavy (non-hydrogen) atoms. The Morgan fingerprint density at radius 2 is 2.27 bits per heavy atom.